The highest BCUT2D eigenvalue weighted by atomic mass is 16.5. The zero-order valence-electron chi connectivity index (χ0n) is 14.6. The minimum atomic E-state index is 0.491. The van der Waals surface area contributed by atoms with E-state index in [1.54, 1.807) is 12.4 Å². The predicted octanol–water partition coefficient (Wildman–Crippen LogP) is 3.34. The van der Waals surface area contributed by atoms with E-state index in [2.05, 4.69) is 37.4 Å². The summed E-state index contributed by atoms with van der Waals surface area (Å²) in [5, 5.41) is 12.6. The standard InChI is InChI=1S/C20H17N5O2/c1-2-5-14(6-3-1)19-16-12-25(10-8-17(16)27-24-19)13-18-22-23-20(26-18)15-7-4-9-21-11-15/h1-7,9,11H,8,10,12-13H2. The molecule has 5 rings (SSSR count). The molecule has 4 heterocycles. The van der Waals surface area contributed by atoms with E-state index in [1.165, 1.54) is 0 Å². The Labute approximate surface area is 155 Å². The Bertz CT molecular complexity index is 1040. The predicted molar refractivity (Wildman–Crippen MR) is 97.3 cm³/mol. The van der Waals surface area contributed by atoms with Gasteiger partial charge in [-0.25, -0.2) is 0 Å². The van der Waals surface area contributed by atoms with E-state index in [4.69, 9.17) is 8.94 Å². The van der Waals surface area contributed by atoms with E-state index in [1.807, 2.05) is 30.3 Å². The smallest absolute Gasteiger partial charge is 0.249 e. The van der Waals surface area contributed by atoms with Crippen molar-refractivity contribution in [1.29, 1.82) is 0 Å². The number of benzene rings is 1. The van der Waals surface area contributed by atoms with Gasteiger partial charge in [0.15, 0.2) is 0 Å². The summed E-state index contributed by atoms with van der Waals surface area (Å²) < 4.78 is 11.4. The van der Waals surface area contributed by atoms with Crippen LogP contribution in [0.1, 0.15) is 17.2 Å². The van der Waals surface area contributed by atoms with E-state index >= 15 is 0 Å². The van der Waals surface area contributed by atoms with Crippen molar-refractivity contribution in [2.75, 3.05) is 6.54 Å². The van der Waals surface area contributed by atoms with Gasteiger partial charge in [0.2, 0.25) is 11.8 Å². The van der Waals surface area contributed by atoms with Crippen molar-refractivity contribution in [2.24, 2.45) is 0 Å². The Hall–Kier alpha value is -3.32. The molecule has 0 fully saturated rings. The van der Waals surface area contributed by atoms with Crippen molar-refractivity contribution < 1.29 is 8.94 Å². The Morgan fingerprint density at radius 3 is 2.74 bits per heavy atom. The molecule has 0 atom stereocenters. The maximum Gasteiger partial charge on any atom is 0.249 e. The number of rotatable bonds is 4. The molecule has 0 unspecified atom stereocenters. The summed E-state index contributed by atoms with van der Waals surface area (Å²) in [5.74, 6) is 2.05. The van der Waals surface area contributed by atoms with Crippen LogP contribution in [-0.4, -0.2) is 31.8 Å². The second kappa shape index (κ2) is 6.77. The second-order valence-electron chi connectivity index (χ2n) is 6.50. The highest BCUT2D eigenvalue weighted by molar-refractivity contribution is 5.63. The van der Waals surface area contributed by atoms with Crippen LogP contribution >= 0.6 is 0 Å². The zero-order chi connectivity index (χ0) is 18.1. The summed E-state index contributed by atoms with van der Waals surface area (Å²) in [6.07, 6.45) is 4.25. The van der Waals surface area contributed by atoms with E-state index in [0.29, 0.717) is 18.3 Å². The number of nitrogens with zero attached hydrogens (tertiary/aromatic N) is 5. The molecule has 0 N–H and O–H groups in total. The lowest BCUT2D eigenvalue weighted by molar-refractivity contribution is 0.209. The van der Waals surface area contributed by atoms with Crippen LogP contribution in [0.5, 0.6) is 0 Å². The molecule has 0 amide bonds. The van der Waals surface area contributed by atoms with Gasteiger partial charge in [0, 0.05) is 43.0 Å². The van der Waals surface area contributed by atoms with Crippen LogP contribution in [0.4, 0.5) is 0 Å². The van der Waals surface area contributed by atoms with Gasteiger partial charge >= 0.3 is 0 Å². The molecule has 0 aliphatic carbocycles. The van der Waals surface area contributed by atoms with Crippen molar-refractivity contribution in [3.8, 4) is 22.7 Å². The first-order chi connectivity index (χ1) is 13.4. The van der Waals surface area contributed by atoms with Crippen LogP contribution in [0.25, 0.3) is 22.7 Å². The number of aromatic nitrogens is 4. The van der Waals surface area contributed by atoms with Crippen molar-refractivity contribution in [2.45, 2.75) is 19.5 Å². The average Bonchev–Trinajstić information content (AvgIpc) is 3.36. The summed E-state index contributed by atoms with van der Waals surface area (Å²) in [5.41, 5.74) is 3.94. The molecule has 0 radical (unpaired) electrons. The Morgan fingerprint density at radius 1 is 1.00 bits per heavy atom. The van der Waals surface area contributed by atoms with E-state index in [-0.39, 0.29) is 0 Å². The normalized spacial score (nSPS) is 14.2. The minimum absolute atomic E-state index is 0.491. The fraction of sp³-hybridized carbons (Fsp3) is 0.200. The van der Waals surface area contributed by atoms with Crippen LogP contribution in [0.15, 0.2) is 63.8 Å². The third kappa shape index (κ3) is 3.13. The topological polar surface area (TPSA) is 81.1 Å². The molecule has 7 nitrogen and oxygen atoms in total. The minimum Gasteiger partial charge on any atom is -0.419 e. The lowest BCUT2D eigenvalue weighted by Crippen LogP contribution is -2.29. The van der Waals surface area contributed by atoms with Crippen molar-refractivity contribution >= 4 is 0 Å². The number of hydrogen-bond donors (Lipinski definition) is 0. The van der Waals surface area contributed by atoms with Gasteiger partial charge in [-0.3, -0.25) is 9.88 Å². The maximum atomic E-state index is 5.81. The molecular formula is C20H17N5O2. The van der Waals surface area contributed by atoms with Crippen molar-refractivity contribution in [1.82, 2.24) is 25.2 Å². The molecule has 1 aromatic carbocycles. The molecule has 3 aromatic heterocycles. The van der Waals surface area contributed by atoms with Crippen LogP contribution in [0, 0.1) is 0 Å². The van der Waals surface area contributed by atoms with Gasteiger partial charge in [0.05, 0.1) is 12.1 Å². The first-order valence-electron chi connectivity index (χ1n) is 8.85. The number of fused-ring (bicyclic) bond motifs is 1. The van der Waals surface area contributed by atoms with Crippen LogP contribution < -0.4 is 0 Å². The second-order valence-corrected chi connectivity index (χ2v) is 6.50. The largest absolute Gasteiger partial charge is 0.419 e. The van der Waals surface area contributed by atoms with E-state index in [9.17, 15) is 0 Å². The van der Waals surface area contributed by atoms with Crippen molar-refractivity contribution in [3.05, 3.63) is 72.1 Å². The van der Waals surface area contributed by atoms with Gasteiger partial charge in [0.25, 0.3) is 0 Å². The summed E-state index contributed by atoms with van der Waals surface area (Å²) in [6, 6.07) is 13.9. The quantitative estimate of drug-likeness (QED) is 0.553. The fourth-order valence-corrected chi connectivity index (χ4v) is 3.34. The highest BCUT2D eigenvalue weighted by Gasteiger charge is 2.26. The first kappa shape index (κ1) is 15.9. The Balaban J connectivity index is 1.35. The van der Waals surface area contributed by atoms with Gasteiger partial charge in [-0.2, -0.15) is 0 Å². The summed E-state index contributed by atoms with van der Waals surface area (Å²) in [6.45, 7) is 2.20. The fourth-order valence-electron chi connectivity index (χ4n) is 3.34. The van der Waals surface area contributed by atoms with Gasteiger partial charge in [-0.15, -0.1) is 10.2 Å². The molecule has 0 spiro atoms. The molecule has 134 valence electrons. The summed E-state index contributed by atoms with van der Waals surface area (Å²) in [7, 11) is 0. The van der Waals surface area contributed by atoms with Crippen LogP contribution in [-0.2, 0) is 19.5 Å². The monoisotopic (exact) mass is 359 g/mol. The maximum absolute atomic E-state index is 5.81. The lowest BCUT2D eigenvalue weighted by Gasteiger charge is -2.24. The third-order valence-electron chi connectivity index (χ3n) is 4.69. The molecule has 0 bridgehead atoms. The van der Waals surface area contributed by atoms with Gasteiger partial charge < -0.3 is 8.94 Å². The van der Waals surface area contributed by atoms with E-state index < -0.39 is 0 Å². The Morgan fingerprint density at radius 2 is 1.89 bits per heavy atom. The molecule has 1 aliphatic rings. The lowest BCUT2D eigenvalue weighted by atomic mass is 10.0. The van der Waals surface area contributed by atoms with Gasteiger partial charge in [-0.1, -0.05) is 35.5 Å². The molecule has 0 saturated heterocycles. The van der Waals surface area contributed by atoms with Crippen molar-refractivity contribution in [3.63, 3.8) is 0 Å². The molecular weight excluding hydrogens is 342 g/mol. The number of hydrogen-bond acceptors (Lipinski definition) is 7. The first-order valence-corrected chi connectivity index (χ1v) is 8.85. The average molecular weight is 359 g/mol. The SMILES string of the molecule is c1ccc(-c2noc3c2CN(Cc2nnc(-c4cccnc4)o2)CC3)cc1. The summed E-state index contributed by atoms with van der Waals surface area (Å²) in [4.78, 5) is 6.36. The highest BCUT2D eigenvalue weighted by Crippen LogP contribution is 2.30. The van der Waals surface area contributed by atoms with Crippen LogP contribution in [0.3, 0.4) is 0 Å². The van der Waals surface area contributed by atoms with Gasteiger partial charge in [0.1, 0.15) is 11.5 Å². The molecule has 27 heavy (non-hydrogen) atoms. The zero-order valence-corrected chi connectivity index (χ0v) is 14.6. The number of pyridine rings is 1. The van der Waals surface area contributed by atoms with Crippen LogP contribution in [0.2, 0.25) is 0 Å². The third-order valence-corrected chi connectivity index (χ3v) is 4.69. The summed E-state index contributed by atoms with van der Waals surface area (Å²) >= 11 is 0. The molecule has 0 saturated carbocycles. The molecule has 4 aromatic rings. The Kier molecular flexibility index (Phi) is 3.99. The molecule has 7 heteroatoms. The van der Waals surface area contributed by atoms with E-state index in [0.717, 1.165) is 47.7 Å². The van der Waals surface area contributed by atoms with Gasteiger partial charge in [-0.05, 0) is 12.1 Å². The molecule has 1 aliphatic heterocycles.